The van der Waals surface area contributed by atoms with Gasteiger partial charge in [-0.3, -0.25) is 14.4 Å². The molecule has 3 saturated heterocycles. The van der Waals surface area contributed by atoms with Crippen LogP contribution in [0.3, 0.4) is 0 Å². The topological polar surface area (TPSA) is 90.4 Å². The lowest BCUT2D eigenvalue weighted by Crippen LogP contribution is -2.57. The Balaban J connectivity index is 1.80. The van der Waals surface area contributed by atoms with Crippen molar-refractivity contribution in [2.45, 2.75) is 88.3 Å². The van der Waals surface area contributed by atoms with E-state index in [0.717, 1.165) is 25.0 Å². The minimum absolute atomic E-state index is 0.101. The van der Waals surface area contributed by atoms with E-state index >= 15 is 0 Å². The summed E-state index contributed by atoms with van der Waals surface area (Å²) in [5.41, 5.74) is 0.712. The molecule has 3 amide bonds. The van der Waals surface area contributed by atoms with Crippen LogP contribution in [0.2, 0.25) is 0 Å². The number of hydrogen-bond acceptors (Lipinski definition) is 6. The van der Waals surface area contributed by atoms with Crippen LogP contribution in [-0.4, -0.2) is 87.1 Å². The van der Waals surface area contributed by atoms with Crippen LogP contribution in [0.5, 0.6) is 5.75 Å². The third-order valence-corrected chi connectivity index (χ3v) is 11.5. The molecule has 1 N–H and O–H groups in total. The van der Waals surface area contributed by atoms with E-state index in [4.69, 9.17) is 4.74 Å². The predicted octanol–water partition coefficient (Wildman–Crippen LogP) is 5.31. The summed E-state index contributed by atoms with van der Waals surface area (Å²) in [5, 5.41) is 10.6. The van der Waals surface area contributed by atoms with Crippen molar-refractivity contribution in [3.05, 3.63) is 49.6 Å². The number of hydrogen-bond donors (Lipinski definition) is 1. The number of ether oxygens (including phenoxy) is 1. The number of amides is 3. The van der Waals surface area contributed by atoms with Gasteiger partial charge in [-0.1, -0.05) is 39.3 Å². The van der Waals surface area contributed by atoms with Crippen molar-refractivity contribution in [2.24, 2.45) is 17.8 Å². The molecule has 1 spiro atoms. The Morgan fingerprint density at radius 1 is 1.14 bits per heavy atom. The predicted molar refractivity (Wildman–Crippen MR) is 178 cm³/mol. The number of anilines is 1. The maximum atomic E-state index is 14.8. The highest BCUT2D eigenvalue weighted by molar-refractivity contribution is 8.02. The number of carbonyl (C=O) groups excluding carboxylic acids is 3. The van der Waals surface area contributed by atoms with Crippen molar-refractivity contribution in [3.8, 4) is 5.75 Å². The first-order valence-corrected chi connectivity index (χ1v) is 17.0. The van der Waals surface area contributed by atoms with Gasteiger partial charge in [0, 0.05) is 30.1 Å². The third-order valence-electron chi connectivity index (χ3n) is 9.54. The summed E-state index contributed by atoms with van der Waals surface area (Å²) in [6.45, 7) is 19.6. The van der Waals surface area contributed by atoms with Crippen molar-refractivity contribution in [1.82, 2.24) is 9.80 Å². The monoisotopic (exact) mass is 625 g/mol. The highest BCUT2D eigenvalue weighted by Crippen LogP contribution is 2.72. The number of aliphatic hydroxyl groups is 1. The molecule has 0 aliphatic carbocycles. The maximum absolute atomic E-state index is 14.8. The van der Waals surface area contributed by atoms with Gasteiger partial charge in [0.05, 0.1) is 35.8 Å². The largest absolute Gasteiger partial charge is 0.494 e. The molecule has 3 fully saturated rings. The summed E-state index contributed by atoms with van der Waals surface area (Å²) in [4.78, 5) is 49.3. The second-order valence-corrected chi connectivity index (χ2v) is 14.9. The molecule has 9 heteroatoms. The summed E-state index contributed by atoms with van der Waals surface area (Å²) in [7, 11) is 0. The Kier molecular flexibility index (Phi) is 10.9. The third kappa shape index (κ3) is 6.06. The molecule has 0 saturated carbocycles. The van der Waals surface area contributed by atoms with Crippen molar-refractivity contribution in [1.29, 1.82) is 0 Å². The smallest absolute Gasteiger partial charge is 0.247 e. The van der Waals surface area contributed by atoms with Gasteiger partial charge in [0.25, 0.3) is 0 Å². The van der Waals surface area contributed by atoms with Crippen molar-refractivity contribution in [2.75, 3.05) is 37.7 Å². The second-order valence-electron chi connectivity index (χ2n) is 13.0. The van der Waals surface area contributed by atoms with Gasteiger partial charge in [0.1, 0.15) is 11.8 Å². The van der Waals surface area contributed by atoms with E-state index in [0.29, 0.717) is 44.8 Å². The molecular weight excluding hydrogens is 574 g/mol. The first-order valence-electron chi connectivity index (χ1n) is 16.2. The number of unbranched alkanes of at least 4 members (excludes halogenated alkanes) is 1. The maximum Gasteiger partial charge on any atom is 0.247 e. The van der Waals surface area contributed by atoms with E-state index < -0.39 is 33.4 Å². The number of rotatable bonds is 16. The van der Waals surface area contributed by atoms with Gasteiger partial charge >= 0.3 is 0 Å². The average Bonchev–Trinajstić information content (AvgIpc) is 3.57. The van der Waals surface area contributed by atoms with Gasteiger partial charge in [0.15, 0.2) is 0 Å². The molecule has 2 bridgehead atoms. The molecule has 0 aromatic heterocycles. The lowest BCUT2D eigenvalue weighted by atomic mass is 9.66. The zero-order chi connectivity index (χ0) is 32.2. The van der Waals surface area contributed by atoms with E-state index in [9.17, 15) is 19.5 Å². The summed E-state index contributed by atoms with van der Waals surface area (Å²) in [5.74, 6) is -0.774. The zero-order valence-electron chi connectivity index (χ0n) is 27.2. The highest BCUT2D eigenvalue weighted by Gasteiger charge is 2.78. The van der Waals surface area contributed by atoms with Crippen LogP contribution in [0.4, 0.5) is 5.69 Å². The van der Waals surface area contributed by atoms with Gasteiger partial charge in [-0.25, -0.2) is 0 Å². The molecule has 8 nitrogen and oxygen atoms in total. The zero-order valence-corrected chi connectivity index (χ0v) is 28.0. The standard InChI is InChI=1S/C35H51N3O5S/c1-8-12-21-36(19-9-2)33(42)30-35-18-17-34(7,44-35)28(29(35)32(41)38(30)26(23-39)22-24(5)6)31(40)37(20-10-3)25-13-15-27(16-14-25)43-11-4/h9-10,13-16,24,26,28-30,39H,2-3,8,11-12,17-23H2,1,4-7H3/t26-,28-,29+,30?,34+,35?/m1/s1. The second kappa shape index (κ2) is 14.1. The quantitative estimate of drug-likeness (QED) is 0.251. The molecule has 2 unspecified atom stereocenters. The fourth-order valence-corrected chi connectivity index (χ4v) is 10.0. The van der Waals surface area contributed by atoms with Crippen LogP contribution in [0.1, 0.15) is 66.7 Å². The van der Waals surface area contributed by atoms with Gasteiger partial charge in [-0.05, 0) is 69.7 Å². The normalized spacial score (nSPS) is 27.8. The summed E-state index contributed by atoms with van der Waals surface area (Å²) in [6.07, 6.45) is 7.18. The van der Waals surface area contributed by atoms with Crippen molar-refractivity contribution in [3.63, 3.8) is 0 Å². The molecule has 3 aliphatic rings. The minimum Gasteiger partial charge on any atom is -0.494 e. The number of nitrogens with zero attached hydrogens (tertiary/aromatic N) is 3. The summed E-state index contributed by atoms with van der Waals surface area (Å²) < 4.78 is 4.36. The Morgan fingerprint density at radius 2 is 1.82 bits per heavy atom. The SMILES string of the molecule is C=CCN(CCCC)C(=O)C1N([C@@H](CO)CC(C)C)C(=O)[C@@H]2[C@H](C(=O)N(CC=C)c3ccc(OCC)cc3)[C@]3(C)CCC12S3. The van der Waals surface area contributed by atoms with Crippen LogP contribution >= 0.6 is 11.8 Å². The Bertz CT molecular complexity index is 1220. The highest BCUT2D eigenvalue weighted by atomic mass is 32.2. The number of fused-ring (bicyclic) bond motifs is 1. The fourth-order valence-electron chi connectivity index (χ4n) is 7.71. The molecule has 3 heterocycles. The van der Waals surface area contributed by atoms with Crippen LogP contribution in [0.25, 0.3) is 0 Å². The van der Waals surface area contributed by atoms with Gasteiger partial charge in [0.2, 0.25) is 17.7 Å². The van der Waals surface area contributed by atoms with E-state index in [2.05, 4.69) is 40.9 Å². The molecule has 44 heavy (non-hydrogen) atoms. The molecule has 1 aromatic rings. The lowest BCUT2D eigenvalue weighted by molar-refractivity contribution is -0.146. The molecule has 6 atom stereocenters. The average molecular weight is 626 g/mol. The molecule has 0 radical (unpaired) electrons. The van der Waals surface area contributed by atoms with E-state index in [1.165, 1.54) is 0 Å². The lowest BCUT2D eigenvalue weighted by Gasteiger charge is -2.40. The molecule has 3 aliphatic heterocycles. The van der Waals surface area contributed by atoms with Crippen LogP contribution in [0.15, 0.2) is 49.6 Å². The van der Waals surface area contributed by atoms with Crippen molar-refractivity contribution >= 4 is 35.2 Å². The Labute approximate surface area is 267 Å². The Hall–Kier alpha value is -2.78. The van der Waals surface area contributed by atoms with Gasteiger partial charge in [-0.15, -0.1) is 24.9 Å². The molecule has 242 valence electrons. The summed E-state index contributed by atoms with van der Waals surface area (Å²) in [6, 6.07) is 6.17. The first kappa shape index (κ1) is 34.1. The Morgan fingerprint density at radius 3 is 2.39 bits per heavy atom. The van der Waals surface area contributed by atoms with E-state index in [1.54, 1.807) is 33.7 Å². The first-order chi connectivity index (χ1) is 21.0. The number of benzene rings is 1. The van der Waals surface area contributed by atoms with Gasteiger partial charge < -0.3 is 24.5 Å². The number of likely N-dealkylation sites (tertiary alicyclic amines) is 1. The number of thioether (sulfide) groups is 1. The van der Waals surface area contributed by atoms with Crippen molar-refractivity contribution < 1.29 is 24.2 Å². The summed E-state index contributed by atoms with van der Waals surface area (Å²) >= 11 is 1.67. The fraction of sp³-hybridized carbons (Fsp3) is 0.629. The number of aliphatic hydroxyl groups excluding tert-OH is 1. The van der Waals surface area contributed by atoms with Crippen LogP contribution in [-0.2, 0) is 14.4 Å². The van der Waals surface area contributed by atoms with E-state index in [-0.39, 0.29) is 30.2 Å². The van der Waals surface area contributed by atoms with E-state index in [1.807, 2.05) is 36.1 Å². The molecule has 4 rings (SSSR count). The van der Waals surface area contributed by atoms with Crippen LogP contribution < -0.4 is 9.64 Å². The molecular formula is C35H51N3O5S. The van der Waals surface area contributed by atoms with Crippen LogP contribution in [0, 0.1) is 17.8 Å². The van der Waals surface area contributed by atoms with Gasteiger partial charge in [-0.2, -0.15) is 0 Å². The number of carbonyl (C=O) groups is 3. The minimum atomic E-state index is -0.754. The molecule has 1 aromatic carbocycles.